The van der Waals surface area contributed by atoms with Gasteiger partial charge in [-0.3, -0.25) is 4.79 Å². The van der Waals surface area contributed by atoms with E-state index in [0.29, 0.717) is 6.42 Å². The molecule has 0 radical (unpaired) electrons. The second-order valence-electron chi connectivity index (χ2n) is 3.31. The molecule has 1 heterocycles. The molecule has 0 saturated heterocycles. The van der Waals surface area contributed by atoms with Gasteiger partial charge in [0.1, 0.15) is 11.3 Å². The van der Waals surface area contributed by atoms with Gasteiger partial charge in [-0.2, -0.15) is 0 Å². The van der Waals surface area contributed by atoms with Crippen LogP contribution in [0, 0.1) is 0 Å². The molecular weight excluding hydrogens is 226 g/mol. The van der Waals surface area contributed by atoms with Crippen molar-refractivity contribution in [2.45, 2.75) is 12.8 Å². The highest BCUT2D eigenvalue weighted by Gasteiger charge is 2.09. The van der Waals surface area contributed by atoms with Crippen molar-refractivity contribution in [2.24, 2.45) is 0 Å². The van der Waals surface area contributed by atoms with Gasteiger partial charge in [0.2, 0.25) is 0 Å². The minimum atomic E-state index is -0.800. The fourth-order valence-corrected chi connectivity index (χ4v) is 2.44. The molecule has 0 spiro atoms. The van der Waals surface area contributed by atoms with Crippen molar-refractivity contribution in [3.63, 3.8) is 0 Å². The van der Waals surface area contributed by atoms with Gasteiger partial charge in [-0.05, 0) is 12.1 Å². The third-order valence-corrected chi connectivity index (χ3v) is 3.28. The molecule has 0 fully saturated rings. The molecule has 0 aliphatic rings. The number of para-hydroxylation sites is 1. The van der Waals surface area contributed by atoms with Gasteiger partial charge >= 0.3 is 5.97 Å². The van der Waals surface area contributed by atoms with Gasteiger partial charge in [0.25, 0.3) is 0 Å². The number of carboxylic acid groups (broad SMARTS) is 1. The zero-order chi connectivity index (χ0) is 11.5. The smallest absolute Gasteiger partial charge is 0.303 e. The molecule has 0 saturated carbocycles. The number of benzene rings is 1. The highest BCUT2D eigenvalue weighted by molar-refractivity contribution is 7.18. The summed E-state index contributed by atoms with van der Waals surface area (Å²) in [6.07, 6.45) is 0.583. The first-order chi connectivity index (χ1) is 7.70. The van der Waals surface area contributed by atoms with Gasteiger partial charge in [-0.15, -0.1) is 11.3 Å². The monoisotopic (exact) mass is 237 g/mol. The maximum Gasteiger partial charge on any atom is 0.303 e. The molecule has 0 bridgehead atoms. The number of thiazole rings is 1. The van der Waals surface area contributed by atoms with Crippen LogP contribution in [0.3, 0.4) is 0 Å². The lowest BCUT2D eigenvalue weighted by atomic mass is 10.3. The van der Waals surface area contributed by atoms with Gasteiger partial charge in [-0.25, -0.2) is 4.98 Å². The Kier molecular flexibility index (Phi) is 3.05. The molecule has 1 aromatic heterocycles. The standard InChI is InChI=1S/C11H11NO3S/c1-15-7-3-2-4-8-11(7)12-9(16-8)5-6-10(13)14/h2-4H,5-6H2,1H3,(H,13,14). The molecule has 1 N–H and O–H groups in total. The second kappa shape index (κ2) is 4.49. The van der Waals surface area contributed by atoms with Crippen molar-refractivity contribution in [2.75, 3.05) is 7.11 Å². The Hall–Kier alpha value is -1.62. The predicted molar refractivity (Wildman–Crippen MR) is 62.1 cm³/mol. The number of carbonyl (C=O) groups is 1. The van der Waals surface area contributed by atoms with E-state index < -0.39 is 5.97 Å². The number of rotatable bonds is 4. The van der Waals surface area contributed by atoms with Crippen LogP contribution >= 0.6 is 11.3 Å². The Morgan fingerprint density at radius 1 is 1.56 bits per heavy atom. The number of hydrogen-bond acceptors (Lipinski definition) is 4. The number of carboxylic acids is 1. The Morgan fingerprint density at radius 2 is 2.38 bits per heavy atom. The quantitative estimate of drug-likeness (QED) is 0.886. The molecule has 16 heavy (non-hydrogen) atoms. The maximum atomic E-state index is 10.5. The first-order valence-electron chi connectivity index (χ1n) is 4.85. The molecule has 0 unspecified atom stereocenters. The molecule has 0 amide bonds. The highest BCUT2D eigenvalue weighted by Crippen LogP contribution is 2.29. The maximum absolute atomic E-state index is 10.5. The third-order valence-electron chi connectivity index (χ3n) is 2.20. The number of aryl methyl sites for hydroxylation is 1. The zero-order valence-corrected chi connectivity index (χ0v) is 9.58. The van der Waals surface area contributed by atoms with Gasteiger partial charge in [-0.1, -0.05) is 6.07 Å². The van der Waals surface area contributed by atoms with Crippen molar-refractivity contribution in [3.8, 4) is 5.75 Å². The summed E-state index contributed by atoms with van der Waals surface area (Å²) in [4.78, 5) is 14.8. The molecular formula is C11H11NO3S. The van der Waals surface area contributed by atoms with Crippen LogP contribution in [0.2, 0.25) is 0 Å². The first kappa shape index (κ1) is 10.9. The average molecular weight is 237 g/mol. The molecule has 1 aromatic carbocycles. The second-order valence-corrected chi connectivity index (χ2v) is 4.42. The van der Waals surface area contributed by atoms with E-state index in [9.17, 15) is 4.79 Å². The number of hydrogen-bond donors (Lipinski definition) is 1. The Morgan fingerprint density at radius 3 is 3.06 bits per heavy atom. The van der Waals surface area contributed by atoms with Gasteiger partial charge < -0.3 is 9.84 Å². The predicted octanol–water partition coefficient (Wildman–Crippen LogP) is 2.32. The molecule has 0 aliphatic heterocycles. The molecule has 5 heteroatoms. The van der Waals surface area contributed by atoms with E-state index in [1.165, 1.54) is 11.3 Å². The largest absolute Gasteiger partial charge is 0.494 e. The van der Waals surface area contributed by atoms with Gasteiger partial charge in [0.05, 0.1) is 23.2 Å². The van der Waals surface area contributed by atoms with Crippen molar-refractivity contribution in [1.82, 2.24) is 4.98 Å². The van der Waals surface area contributed by atoms with E-state index in [2.05, 4.69) is 4.98 Å². The van der Waals surface area contributed by atoms with E-state index >= 15 is 0 Å². The van der Waals surface area contributed by atoms with E-state index in [0.717, 1.165) is 21.0 Å². The Labute approximate surface area is 96.5 Å². The summed E-state index contributed by atoms with van der Waals surface area (Å²) in [6.45, 7) is 0. The van der Waals surface area contributed by atoms with Crippen LogP contribution in [0.25, 0.3) is 10.2 Å². The molecule has 0 atom stereocenters. The van der Waals surface area contributed by atoms with Gasteiger partial charge in [0, 0.05) is 6.42 Å². The lowest BCUT2D eigenvalue weighted by Gasteiger charge is -1.98. The van der Waals surface area contributed by atoms with Crippen LogP contribution in [0.4, 0.5) is 0 Å². The molecule has 4 nitrogen and oxygen atoms in total. The number of fused-ring (bicyclic) bond motifs is 1. The number of aliphatic carboxylic acids is 1. The molecule has 2 aromatic rings. The minimum absolute atomic E-state index is 0.113. The van der Waals surface area contributed by atoms with Crippen molar-refractivity contribution >= 4 is 27.5 Å². The first-order valence-corrected chi connectivity index (χ1v) is 5.66. The van der Waals surface area contributed by atoms with E-state index in [4.69, 9.17) is 9.84 Å². The topological polar surface area (TPSA) is 59.4 Å². The number of methoxy groups -OCH3 is 1. The highest BCUT2D eigenvalue weighted by atomic mass is 32.1. The van der Waals surface area contributed by atoms with Crippen molar-refractivity contribution in [3.05, 3.63) is 23.2 Å². The molecule has 2 rings (SSSR count). The summed E-state index contributed by atoms with van der Waals surface area (Å²) < 4.78 is 6.22. The lowest BCUT2D eigenvalue weighted by molar-refractivity contribution is -0.136. The zero-order valence-electron chi connectivity index (χ0n) is 8.77. The summed E-state index contributed by atoms with van der Waals surface area (Å²) >= 11 is 1.51. The van der Waals surface area contributed by atoms with Crippen LogP contribution in [0.5, 0.6) is 5.75 Å². The fourth-order valence-electron chi connectivity index (χ4n) is 1.45. The van der Waals surface area contributed by atoms with Crippen LogP contribution in [-0.2, 0) is 11.2 Å². The van der Waals surface area contributed by atoms with E-state index in [-0.39, 0.29) is 6.42 Å². The third kappa shape index (κ3) is 2.14. The summed E-state index contributed by atoms with van der Waals surface area (Å²) in [6, 6.07) is 5.71. The van der Waals surface area contributed by atoms with Gasteiger partial charge in [0.15, 0.2) is 0 Å². The van der Waals surface area contributed by atoms with E-state index in [1.807, 2.05) is 18.2 Å². The van der Waals surface area contributed by atoms with Crippen LogP contribution in [0.15, 0.2) is 18.2 Å². The molecule has 0 aliphatic carbocycles. The Bertz CT molecular complexity index is 521. The number of nitrogens with zero attached hydrogens (tertiary/aromatic N) is 1. The normalized spacial score (nSPS) is 10.6. The minimum Gasteiger partial charge on any atom is -0.494 e. The van der Waals surface area contributed by atoms with Crippen LogP contribution in [-0.4, -0.2) is 23.2 Å². The summed E-state index contributed by atoms with van der Waals surface area (Å²) in [7, 11) is 1.60. The number of aromatic nitrogens is 1. The van der Waals surface area contributed by atoms with Crippen LogP contribution < -0.4 is 4.74 Å². The van der Waals surface area contributed by atoms with Crippen molar-refractivity contribution < 1.29 is 14.6 Å². The van der Waals surface area contributed by atoms with E-state index in [1.54, 1.807) is 7.11 Å². The average Bonchev–Trinajstić information content (AvgIpc) is 2.68. The Balaban J connectivity index is 2.32. The summed E-state index contributed by atoms with van der Waals surface area (Å²) in [5, 5.41) is 9.44. The van der Waals surface area contributed by atoms with Crippen molar-refractivity contribution in [1.29, 1.82) is 0 Å². The summed E-state index contributed by atoms with van der Waals surface area (Å²) in [5.41, 5.74) is 0.815. The van der Waals surface area contributed by atoms with Crippen LogP contribution in [0.1, 0.15) is 11.4 Å². The lowest BCUT2D eigenvalue weighted by Crippen LogP contribution is -1.96. The molecule has 84 valence electrons. The summed E-state index contributed by atoms with van der Waals surface area (Å²) in [5.74, 6) is -0.0680. The fraction of sp³-hybridized carbons (Fsp3) is 0.273. The SMILES string of the molecule is COc1cccc2sc(CCC(=O)O)nc12. The number of ether oxygens (including phenoxy) is 1.